The summed E-state index contributed by atoms with van der Waals surface area (Å²) < 4.78 is 70.7. The van der Waals surface area contributed by atoms with Crippen LogP contribution in [0.2, 0.25) is 0 Å². The van der Waals surface area contributed by atoms with Crippen LogP contribution < -0.4 is 4.90 Å². The van der Waals surface area contributed by atoms with Crippen LogP contribution in [0.15, 0.2) is 30.5 Å². The largest absolute Gasteiger partial charge is 0.422 e. The van der Waals surface area contributed by atoms with Crippen molar-refractivity contribution >= 4 is 11.3 Å². The number of rotatable bonds is 5. The molecule has 1 aliphatic heterocycles. The Labute approximate surface area is 181 Å². The molecule has 0 bridgehead atoms. The first-order chi connectivity index (χ1) is 15.3. The molecule has 0 N–H and O–H groups in total. The van der Waals surface area contributed by atoms with Gasteiger partial charge in [-0.15, -0.1) is 10.2 Å². The number of piperazine rings is 1. The minimum absolute atomic E-state index is 0.0861. The van der Waals surface area contributed by atoms with Crippen molar-refractivity contribution in [1.29, 1.82) is 0 Å². The summed E-state index contributed by atoms with van der Waals surface area (Å²) in [7, 11) is 0. The predicted octanol–water partition coefficient (Wildman–Crippen LogP) is 4.30. The Morgan fingerprint density at radius 2 is 1.72 bits per heavy atom. The van der Waals surface area contributed by atoms with Gasteiger partial charge in [-0.2, -0.15) is 13.2 Å². The molecule has 170 valence electrons. The van der Waals surface area contributed by atoms with Gasteiger partial charge in [0, 0.05) is 57.0 Å². The molecule has 1 saturated carbocycles. The van der Waals surface area contributed by atoms with E-state index in [1.807, 2.05) is 4.90 Å². The first-order valence-electron chi connectivity index (χ1n) is 10.6. The van der Waals surface area contributed by atoms with Gasteiger partial charge >= 0.3 is 6.18 Å². The Hall–Kier alpha value is -2.75. The lowest BCUT2D eigenvalue weighted by Crippen LogP contribution is -2.46. The molecule has 2 fully saturated rings. The molecule has 10 heteroatoms. The van der Waals surface area contributed by atoms with Crippen molar-refractivity contribution in [2.75, 3.05) is 31.1 Å². The molecule has 0 radical (unpaired) electrons. The van der Waals surface area contributed by atoms with Crippen LogP contribution in [0.4, 0.5) is 27.6 Å². The summed E-state index contributed by atoms with van der Waals surface area (Å²) in [4.78, 5) is 3.64. The average molecular weight is 451 g/mol. The van der Waals surface area contributed by atoms with E-state index in [1.165, 1.54) is 22.6 Å². The molecule has 0 spiro atoms. The zero-order chi connectivity index (χ0) is 22.5. The number of benzene rings is 1. The molecule has 0 unspecified atom stereocenters. The highest BCUT2D eigenvalue weighted by molar-refractivity contribution is 5.67. The number of alkyl halides is 3. The standard InChI is InChI=1S/C22H22F5N5/c23-16-4-3-15(17(24)12-16)13-30-7-9-31(10-8-30)18-5-6-32-19(11-14-1-2-14)28-29-21(32)20(18)22(25,26)27/h3-6,12,14H,1-2,7-11,13H2. The zero-order valence-corrected chi connectivity index (χ0v) is 17.2. The third-order valence-corrected chi connectivity index (χ3v) is 6.20. The third-order valence-electron chi connectivity index (χ3n) is 6.20. The first kappa shape index (κ1) is 21.1. The first-order valence-corrected chi connectivity index (χ1v) is 10.6. The van der Waals surface area contributed by atoms with E-state index in [1.54, 1.807) is 11.1 Å². The smallest absolute Gasteiger partial charge is 0.368 e. The maximum absolute atomic E-state index is 14.1. The lowest BCUT2D eigenvalue weighted by Gasteiger charge is -2.37. The van der Waals surface area contributed by atoms with Gasteiger partial charge in [0.1, 0.15) is 23.0 Å². The summed E-state index contributed by atoms with van der Waals surface area (Å²) in [5.41, 5.74) is -0.485. The molecule has 5 rings (SSSR count). The van der Waals surface area contributed by atoms with Crippen molar-refractivity contribution in [2.24, 2.45) is 5.92 Å². The normalized spacial score (nSPS) is 18.0. The fourth-order valence-corrected chi connectivity index (χ4v) is 4.29. The average Bonchev–Trinajstić information content (AvgIpc) is 3.48. The number of hydrogen-bond acceptors (Lipinski definition) is 4. The second-order valence-corrected chi connectivity index (χ2v) is 8.53. The van der Waals surface area contributed by atoms with Gasteiger partial charge in [-0.3, -0.25) is 9.30 Å². The SMILES string of the molecule is Fc1ccc(CN2CCN(c3ccn4c(CC5CC5)nnc4c3C(F)(F)F)CC2)c(F)c1. The number of nitrogens with zero attached hydrogens (tertiary/aromatic N) is 5. The molecule has 2 aliphatic rings. The van der Waals surface area contributed by atoms with Crippen LogP contribution in [0.3, 0.4) is 0 Å². The van der Waals surface area contributed by atoms with Crippen LogP contribution in [0.1, 0.15) is 29.8 Å². The number of pyridine rings is 1. The van der Waals surface area contributed by atoms with Crippen LogP contribution in [0, 0.1) is 17.6 Å². The lowest BCUT2D eigenvalue weighted by molar-refractivity contribution is -0.136. The van der Waals surface area contributed by atoms with Crippen molar-refractivity contribution in [1.82, 2.24) is 19.5 Å². The fourth-order valence-electron chi connectivity index (χ4n) is 4.29. The van der Waals surface area contributed by atoms with Crippen LogP contribution in [-0.4, -0.2) is 45.7 Å². The van der Waals surface area contributed by atoms with Crippen LogP contribution in [-0.2, 0) is 19.1 Å². The van der Waals surface area contributed by atoms with E-state index < -0.39 is 23.4 Å². The number of aromatic nitrogens is 3. The van der Waals surface area contributed by atoms with E-state index >= 15 is 0 Å². The fraction of sp³-hybridized carbons (Fsp3) is 0.455. The molecular formula is C22H22F5N5. The molecule has 1 aromatic carbocycles. The molecule has 32 heavy (non-hydrogen) atoms. The van der Waals surface area contributed by atoms with Crippen molar-refractivity contribution in [2.45, 2.75) is 32.0 Å². The van der Waals surface area contributed by atoms with Gasteiger partial charge in [0.15, 0.2) is 5.65 Å². The summed E-state index contributed by atoms with van der Waals surface area (Å²) in [6.07, 6.45) is -0.166. The van der Waals surface area contributed by atoms with Crippen molar-refractivity contribution in [3.05, 3.63) is 59.0 Å². The van der Waals surface area contributed by atoms with Gasteiger partial charge in [0.2, 0.25) is 0 Å². The van der Waals surface area contributed by atoms with Crippen LogP contribution in [0.25, 0.3) is 5.65 Å². The molecule has 3 aromatic rings. The Bertz CT molecular complexity index is 1130. The van der Waals surface area contributed by atoms with Gasteiger partial charge in [-0.25, -0.2) is 8.78 Å². The molecule has 0 atom stereocenters. The summed E-state index contributed by atoms with van der Waals surface area (Å²) in [6, 6.07) is 4.93. The highest BCUT2D eigenvalue weighted by Crippen LogP contribution is 2.40. The molecule has 1 aliphatic carbocycles. The van der Waals surface area contributed by atoms with E-state index in [0.717, 1.165) is 18.9 Å². The molecular weight excluding hydrogens is 429 g/mol. The van der Waals surface area contributed by atoms with Gasteiger partial charge in [-0.1, -0.05) is 6.07 Å². The monoisotopic (exact) mass is 451 g/mol. The third kappa shape index (κ3) is 4.15. The minimum Gasteiger partial charge on any atom is -0.368 e. The van der Waals surface area contributed by atoms with Crippen LogP contribution >= 0.6 is 0 Å². The van der Waals surface area contributed by atoms with Gasteiger partial charge in [-0.05, 0) is 30.9 Å². The molecule has 2 aromatic heterocycles. The Morgan fingerprint density at radius 1 is 0.969 bits per heavy atom. The van der Waals surface area contributed by atoms with Crippen LogP contribution in [0.5, 0.6) is 0 Å². The van der Waals surface area contributed by atoms with Gasteiger partial charge < -0.3 is 4.90 Å². The van der Waals surface area contributed by atoms with Crippen molar-refractivity contribution < 1.29 is 22.0 Å². The number of anilines is 1. The summed E-state index contributed by atoms with van der Waals surface area (Å²) in [5.74, 6) is -0.216. The number of hydrogen-bond donors (Lipinski definition) is 0. The lowest BCUT2D eigenvalue weighted by atomic mass is 10.1. The second-order valence-electron chi connectivity index (χ2n) is 8.53. The topological polar surface area (TPSA) is 36.7 Å². The van der Waals surface area contributed by atoms with Crippen molar-refractivity contribution in [3.63, 3.8) is 0 Å². The van der Waals surface area contributed by atoms with E-state index in [4.69, 9.17) is 0 Å². The van der Waals surface area contributed by atoms with E-state index in [-0.39, 0.29) is 17.9 Å². The highest BCUT2D eigenvalue weighted by atomic mass is 19.4. The van der Waals surface area contributed by atoms with E-state index in [2.05, 4.69) is 10.2 Å². The summed E-state index contributed by atoms with van der Waals surface area (Å²) >= 11 is 0. The Balaban J connectivity index is 1.36. The predicted molar refractivity (Wildman–Crippen MR) is 108 cm³/mol. The van der Waals surface area contributed by atoms with Gasteiger partial charge in [0.05, 0.1) is 5.69 Å². The van der Waals surface area contributed by atoms with E-state index in [9.17, 15) is 22.0 Å². The molecule has 1 saturated heterocycles. The summed E-state index contributed by atoms with van der Waals surface area (Å²) in [6.45, 7) is 1.90. The summed E-state index contributed by atoms with van der Waals surface area (Å²) in [5, 5.41) is 7.93. The molecule has 5 nitrogen and oxygen atoms in total. The highest BCUT2D eigenvalue weighted by Gasteiger charge is 2.39. The number of halogens is 5. The maximum atomic E-state index is 14.1. The number of fused-ring (bicyclic) bond motifs is 1. The van der Waals surface area contributed by atoms with E-state index in [0.29, 0.717) is 49.9 Å². The minimum atomic E-state index is -4.57. The van der Waals surface area contributed by atoms with Gasteiger partial charge in [0.25, 0.3) is 0 Å². The second kappa shape index (κ2) is 7.99. The zero-order valence-electron chi connectivity index (χ0n) is 17.2. The molecule has 3 heterocycles. The Kier molecular flexibility index (Phi) is 5.27. The molecule has 0 amide bonds. The quantitative estimate of drug-likeness (QED) is 0.542. The maximum Gasteiger partial charge on any atom is 0.422 e. The Morgan fingerprint density at radius 3 is 2.38 bits per heavy atom. The van der Waals surface area contributed by atoms with Crippen molar-refractivity contribution in [3.8, 4) is 0 Å².